The Kier molecular flexibility index (Phi) is 9.40. The van der Waals surface area contributed by atoms with Crippen LogP contribution in [-0.4, -0.2) is 69.0 Å². The Morgan fingerprint density at radius 1 is 1.37 bits per heavy atom. The molecule has 1 aromatic carbocycles. The fraction of sp³-hybridized carbons (Fsp3) is 0.320. The third-order valence-electron chi connectivity index (χ3n) is 5.91. The molecule has 3 heterocycles. The van der Waals surface area contributed by atoms with Gasteiger partial charge in [-0.3, -0.25) is 14.5 Å². The Morgan fingerprint density at radius 3 is 2.76 bits per heavy atom. The summed E-state index contributed by atoms with van der Waals surface area (Å²) in [5.41, 5.74) is 7.63. The van der Waals surface area contributed by atoms with E-state index in [4.69, 9.17) is 26.8 Å². The summed E-state index contributed by atoms with van der Waals surface area (Å²) in [6.07, 6.45) is -2.37. The van der Waals surface area contributed by atoms with Gasteiger partial charge in [-0.05, 0) is 36.6 Å². The summed E-state index contributed by atoms with van der Waals surface area (Å²) < 4.78 is 28.9. The zero-order valence-electron chi connectivity index (χ0n) is 21.6. The average Bonchev–Trinajstić information content (AvgIpc) is 3.34. The molecule has 0 saturated carbocycles. The van der Waals surface area contributed by atoms with E-state index in [9.17, 15) is 28.7 Å². The predicted molar refractivity (Wildman–Crippen MR) is 148 cm³/mol. The Labute approximate surface area is 246 Å². The number of fused-ring (bicyclic) bond motifs is 1. The molecule has 218 valence electrons. The van der Waals surface area contributed by atoms with Crippen LogP contribution in [-0.2, 0) is 35.0 Å². The molecule has 2 aliphatic rings. The molecule has 4 N–H and O–H groups in total. The van der Waals surface area contributed by atoms with E-state index in [1.807, 2.05) is 0 Å². The predicted octanol–water partition coefficient (Wildman–Crippen LogP) is 3.11. The van der Waals surface area contributed by atoms with Crippen LogP contribution in [0.15, 0.2) is 40.4 Å². The largest absolute Gasteiger partial charge is 0.511 e. The molecule has 2 aliphatic heterocycles. The molecule has 1 fully saturated rings. The molecule has 3 atom stereocenters. The van der Waals surface area contributed by atoms with Gasteiger partial charge in [0.05, 0.1) is 17.9 Å². The number of rotatable bonds is 9. The summed E-state index contributed by atoms with van der Waals surface area (Å²) in [7, 11) is 0. The number of hydrogen-bond donors (Lipinski definition) is 3. The monoisotopic (exact) mass is 626 g/mol. The van der Waals surface area contributed by atoms with E-state index in [2.05, 4.69) is 15.0 Å². The van der Waals surface area contributed by atoms with Crippen molar-refractivity contribution >= 4 is 69.3 Å². The Morgan fingerprint density at radius 2 is 2.12 bits per heavy atom. The van der Waals surface area contributed by atoms with Gasteiger partial charge < -0.3 is 30.4 Å². The highest BCUT2D eigenvalue weighted by atomic mass is 35.5. The van der Waals surface area contributed by atoms with Crippen LogP contribution in [0.2, 0.25) is 0 Å². The normalized spacial score (nSPS) is 19.2. The van der Waals surface area contributed by atoms with Gasteiger partial charge in [0.25, 0.3) is 11.8 Å². The van der Waals surface area contributed by atoms with E-state index in [1.54, 1.807) is 12.3 Å². The topological polar surface area (TPSA) is 170 Å². The maximum absolute atomic E-state index is 14.0. The maximum atomic E-state index is 14.0. The number of aromatic hydroxyl groups is 1. The first-order chi connectivity index (χ1) is 19.5. The van der Waals surface area contributed by atoms with Crippen LogP contribution in [0.4, 0.5) is 14.3 Å². The van der Waals surface area contributed by atoms with Gasteiger partial charge in [0.1, 0.15) is 17.1 Å². The Bertz CT molecular complexity index is 1450. The number of benzene rings is 1. The lowest BCUT2D eigenvalue weighted by atomic mass is 9.98. The average molecular weight is 627 g/mol. The standard InChI is InChI=1S/C25H24ClFN4O8S2/c1-3-37-25(36)39-11(2)38-23(35)19-13(6-12-4-5-17(32)15(27)7-12)9-40-22-18(21(34)31(19)22)30-20(33)14(8-26)16-10-41-24(28)29-16/h4-5,7-8,10-11,18,22,32H,3,6,9H2,1-2H3,(H2,28,29)(H,30,33)/t11?,18-,22+/m1/s1. The molecule has 1 aromatic heterocycles. The summed E-state index contributed by atoms with van der Waals surface area (Å²) >= 11 is 8.24. The SMILES string of the molecule is CCOC(=O)OC(C)OC(=O)C1=C(Cc2ccc(O)c(F)c2)CS[C@H]2[C@H](NC(=O)C(=CCl)c3csc(N)n3)C(=O)N12. The number of ether oxygens (including phenoxy) is 3. The molecular weight excluding hydrogens is 603 g/mol. The van der Waals surface area contributed by atoms with Crippen LogP contribution in [0.25, 0.3) is 5.57 Å². The van der Waals surface area contributed by atoms with Gasteiger partial charge in [0.2, 0.25) is 6.29 Å². The first kappa shape index (κ1) is 30.1. The highest BCUT2D eigenvalue weighted by Crippen LogP contribution is 2.42. The summed E-state index contributed by atoms with van der Waals surface area (Å²) in [6, 6.07) is 2.75. The van der Waals surface area contributed by atoms with E-state index < -0.39 is 53.2 Å². The number of phenols is 1. The van der Waals surface area contributed by atoms with Crippen LogP contribution in [0.5, 0.6) is 5.75 Å². The molecular formula is C25H24ClFN4O8S2. The second kappa shape index (κ2) is 12.8. The van der Waals surface area contributed by atoms with Gasteiger partial charge in [0.15, 0.2) is 16.7 Å². The van der Waals surface area contributed by atoms with E-state index in [0.29, 0.717) is 11.1 Å². The van der Waals surface area contributed by atoms with Crippen LogP contribution in [0, 0.1) is 5.82 Å². The fourth-order valence-corrected chi connectivity index (χ4v) is 6.20. The van der Waals surface area contributed by atoms with Gasteiger partial charge >= 0.3 is 12.1 Å². The molecule has 4 rings (SSSR count). The number of carbonyl (C=O) groups excluding carboxylic acids is 4. The molecule has 0 bridgehead atoms. The number of nitrogens with zero attached hydrogens (tertiary/aromatic N) is 2. The molecule has 2 aromatic rings. The molecule has 12 nitrogen and oxygen atoms in total. The molecule has 0 spiro atoms. The zero-order chi connectivity index (χ0) is 29.8. The fourth-order valence-electron chi connectivity index (χ4n) is 4.08. The number of nitrogens with two attached hydrogens (primary N) is 1. The number of anilines is 1. The number of aromatic nitrogens is 1. The lowest BCUT2D eigenvalue weighted by Gasteiger charge is -2.49. The first-order valence-electron chi connectivity index (χ1n) is 12.0. The number of β-lactam (4-membered cyclic amide) rings is 1. The maximum Gasteiger partial charge on any atom is 0.511 e. The molecule has 41 heavy (non-hydrogen) atoms. The van der Waals surface area contributed by atoms with Crippen LogP contribution in [0.3, 0.4) is 0 Å². The summed E-state index contributed by atoms with van der Waals surface area (Å²) in [6.45, 7) is 2.92. The van der Waals surface area contributed by atoms with Gasteiger partial charge in [0, 0.05) is 23.6 Å². The highest BCUT2D eigenvalue weighted by Gasteiger charge is 2.54. The number of thiazole rings is 1. The molecule has 2 amide bonds. The van der Waals surface area contributed by atoms with Crippen LogP contribution < -0.4 is 11.1 Å². The Balaban J connectivity index is 1.57. The lowest BCUT2D eigenvalue weighted by Crippen LogP contribution is -2.70. The molecule has 1 unspecified atom stereocenters. The third kappa shape index (κ3) is 6.57. The lowest BCUT2D eigenvalue weighted by molar-refractivity contribution is -0.168. The van der Waals surface area contributed by atoms with Crippen molar-refractivity contribution < 1.29 is 42.9 Å². The quantitative estimate of drug-likeness (QED) is 0.162. The molecule has 1 saturated heterocycles. The molecule has 16 heteroatoms. The van der Waals surface area contributed by atoms with Crippen molar-refractivity contribution in [2.75, 3.05) is 18.1 Å². The minimum Gasteiger partial charge on any atom is -0.505 e. The number of nitrogens with one attached hydrogen (secondary N) is 1. The summed E-state index contributed by atoms with van der Waals surface area (Å²) in [4.78, 5) is 56.4. The number of phenolic OH excluding ortho intramolecular Hbond substituents is 1. The number of nitrogen functional groups attached to an aromatic ring is 1. The Hall–Kier alpha value is -3.82. The first-order valence-corrected chi connectivity index (χ1v) is 14.4. The van der Waals surface area contributed by atoms with Crippen molar-refractivity contribution in [1.29, 1.82) is 0 Å². The number of amides is 2. The van der Waals surface area contributed by atoms with E-state index in [0.717, 1.165) is 22.9 Å². The van der Waals surface area contributed by atoms with Crippen molar-refractivity contribution in [2.24, 2.45) is 0 Å². The van der Waals surface area contributed by atoms with Gasteiger partial charge in [-0.2, -0.15) is 0 Å². The number of hydrogen-bond acceptors (Lipinski definition) is 12. The van der Waals surface area contributed by atoms with Crippen molar-refractivity contribution in [2.45, 2.75) is 38.0 Å². The highest BCUT2D eigenvalue weighted by molar-refractivity contribution is 8.00. The summed E-state index contributed by atoms with van der Waals surface area (Å²) in [5.74, 6) is -3.42. The van der Waals surface area contributed by atoms with Crippen LogP contribution in [0.1, 0.15) is 25.1 Å². The number of halogens is 2. The third-order valence-corrected chi connectivity index (χ3v) is 8.14. The molecule has 0 aliphatic carbocycles. The number of carbonyl (C=O) groups is 4. The van der Waals surface area contributed by atoms with E-state index in [-0.39, 0.29) is 40.9 Å². The van der Waals surface area contributed by atoms with Gasteiger partial charge in [-0.25, -0.2) is 19.0 Å². The second-order valence-corrected chi connectivity index (χ2v) is 10.9. The van der Waals surface area contributed by atoms with Gasteiger partial charge in [-0.1, -0.05) is 17.7 Å². The van der Waals surface area contributed by atoms with Crippen molar-refractivity contribution in [3.05, 3.63) is 57.5 Å². The smallest absolute Gasteiger partial charge is 0.505 e. The van der Waals surface area contributed by atoms with E-state index >= 15 is 0 Å². The zero-order valence-corrected chi connectivity index (χ0v) is 24.0. The van der Waals surface area contributed by atoms with Crippen molar-refractivity contribution in [3.63, 3.8) is 0 Å². The number of thioether (sulfide) groups is 1. The minimum absolute atomic E-state index is 0.00170. The summed E-state index contributed by atoms with van der Waals surface area (Å²) in [5, 5.41) is 13.2. The van der Waals surface area contributed by atoms with Gasteiger partial charge in [-0.15, -0.1) is 23.1 Å². The second-order valence-electron chi connectivity index (χ2n) is 8.64. The van der Waals surface area contributed by atoms with Crippen LogP contribution >= 0.6 is 34.7 Å². The molecule has 0 radical (unpaired) electrons. The van der Waals surface area contributed by atoms with Crippen molar-refractivity contribution in [3.8, 4) is 5.75 Å². The number of esters is 1. The van der Waals surface area contributed by atoms with Crippen molar-refractivity contribution in [1.82, 2.24) is 15.2 Å². The minimum atomic E-state index is -1.36. The van der Waals surface area contributed by atoms with E-state index in [1.165, 1.54) is 35.7 Å².